The Morgan fingerprint density at radius 1 is 0.800 bits per heavy atom. The first-order valence-electron chi connectivity index (χ1n) is 5.73. The van der Waals surface area contributed by atoms with Gasteiger partial charge < -0.3 is 0 Å². The van der Waals surface area contributed by atoms with Gasteiger partial charge in [0.1, 0.15) is 0 Å². The van der Waals surface area contributed by atoms with Crippen LogP contribution in [0, 0.1) is 19.1 Å². The molecule has 3 aromatic carbocycles. The Balaban J connectivity index is 0.00000120. The molecule has 0 unspecified atom stereocenters. The molecular weight excluding hydrogens is 471 g/mol. The molecule has 0 aliphatic heterocycles. The summed E-state index contributed by atoms with van der Waals surface area (Å²) in [6, 6.07) is 25.3. The minimum absolute atomic E-state index is 0. The third-order valence-corrected chi connectivity index (χ3v) is 2.95. The zero-order valence-corrected chi connectivity index (χ0v) is 19.9. The molecule has 3 radical (unpaired) electrons. The Morgan fingerprint density at radius 3 is 2.25 bits per heavy atom. The number of hydrogen-bond donors (Lipinski definition) is 0. The molecule has 0 aliphatic carbocycles. The molecule has 0 nitrogen and oxygen atoms in total. The molecule has 3 heteroatoms. The average Bonchev–Trinajstić information content (AvgIpc) is 2.38. The van der Waals surface area contributed by atoms with Crippen LogP contribution in [0.1, 0.15) is 5.56 Å². The fraction of sp³-hybridized carbons (Fsp3) is 0.0588. The molecule has 0 N–H and O–H groups in total. The van der Waals surface area contributed by atoms with E-state index < -0.39 is 0 Å². The maximum Gasteiger partial charge on any atom is 0 e. The first-order valence-corrected chi connectivity index (χ1v) is 5.73. The topological polar surface area (TPSA) is 0 Å². The van der Waals surface area contributed by atoms with Crippen molar-refractivity contribution in [3.8, 4) is 11.1 Å². The fourth-order valence-electron chi connectivity index (χ4n) is 2.11. The third kappa shape index (κ3) is 4.87. The van der Waals surface area contributed by atoms with Crippen LogP contribution >= 0.6 is 0 Å². The molecule has 0 aliphatic rings. The molecule has 0 saturated carbocycles. The summed E-state index contributed by atoms with van der Waals surface area (Å²) in [5.74, 6) is 0. The maximum atomic E-state index is 3.32. The van der Waals surface area contributed by atoms with E-state index in [-0.39, 0.29) is 98.1 Å². The van der Waals surface area contributed by atoms with Gasteiger partial charge >= 0.3 is 0 Å². The van der Waals surface area contributed by atoms with E-state index in [1.807, 2.05) is 12.1 Å². The van der Waals surface area contributed by atoms with Crippen LogP contribution in [-0.4, -0.2) is 0 Å². The smallest absolute Gasteiger partial charge is 0 e. The van der Waals surface area contributed by atoms with Crippen LogP contribution < -0.4 is 0 Å². The van der Waals surface area contributed by atoms with E-state index in [9.17, 15) is 0 Å². The molecule has 0 aromatic heterocycles. The molecule has 91 valence electrons. The Labute approximate surface area is 196 Å². The number of rotatable bonds is 1. The minimum Gasteiger partial charge on any atom is -0.225 e. The molecule has 0 fully saturated rings. The summed E-state index contributed by atoms with van der Waals surface area (Å²) in [5, 5.41) is 2.48. The third-order valence-electron chi connectivity index (χ3n) is 2.95. The van der Waals surface area contributed by atoms with Crippen molar-refractivity contribution in [3.63, 3.8) is 0 Å². The maximum absolute atomic E-state index is 3.32. The van der Waals surface area contributed by atoms with E-state index in [0.717, 1.165) is 11.1 Å². The summed E-state index contributed by atoms with van der Waals surface area (Å²) in [7, 11) is 0. The minimum atomic E-state index is 0. The summed E-state index contributed by atoms with van der Waals surface area (Å²) in [6.07, 6.45) is 0. The van der Waals surface area contributed by atoms with Crippen LogP contribution in [-0.2, 0) is 98.1 Å². The van der Waals surface area contributed by atoms with Crippen molar-refractivity contribution in [2.45, 2.75) is 6.92 Å². The number of fused-ring (bicyclic) bond motifs is 1. The van der Waals surface area contributed by atoms with Crippen LogP contribution in [0.2, 0.25) is 0 Å². The van der Waals surface area contributed by atoms with Crippen LogP contribution in [0.25, 0.3) is 21.9 Å². The summed E-state index contributed by atoms with van der Waals surface area (Å²) >= 11 is 0. The predicted molar refractivity (Wildman–Crippen MR) is 71.8 cm³/mol. The van der Waals surface area contributed by atoms with E-state index in [1.54, 1.807) is 0 Å². The molecule has 3 aromatic rings. The Bertz CT molecular complexity index is 672. The van der Waals surface area contributed by atoms with Crippen molar-refractivity contribution >= 4 is 10.8 Å². The van der Waals surface area contributed by atoms with E-state index in [1.165, 1.54) is 16.3 Å². The second-order valence-electron chi connectivity index (χ2n) is 4.22. The number of benzene rings is 3. The van der Waals surface area contributed by atoms with Crippen LogP contribution in [0.4, 0.5) is 0 Å². The second-order valence-corrected chi connectivity index (χ2v) is 4.22. The van der Waals surface area contributed by atoms with Gasteiger partial charge in [-0.25, -0.2) is 11.1 Å². The van der Waals surface area contributed by atoms with Gasteiger partial charge in [0, 0.05) is 98.1 Å². The first kappa shape index (κ1) is 21.2. The van der Waals surface area contributed by atoms with Gasteiger partial charge in [0.25, 0.3) is 0 Å². The van der Waals surface area contributed by atoms with Gasteiger partial charge in [-0.05, 0) is 0 Å². The standard InChI is InChI=1S/C17H12.3Y/c1-13-6-4-9-15(12-13)17-11-5-8-14-7-2-3-10-16(14)17;;;/h2-8,10,12H,1H3;;;/q-2;;;. The summed E-state index contributed by atoms with van der Waals surface area (Å²) < 4.78 is 0. The van der Waals surface area contributed by atoms with Gasteiger partial charge in [0.15, 0.2) is 0 Å². The van der Waals surface area contributed by atoms with Crippen LogP contribution in [0.3, 0.4) is 0 Å². The largest absolute Gasteiger partial charge is 0.225 e. The van der Waals surface area contributed by atoms with E-state index in [0.29, 0.717) is 0 Å². The molecule has 0 spiro atoms. The van der Waals surface area contributed by atoms with Crippen LogP contribution in [0.15, 0.2) is 54.6 Å². The zero-order chi connectivity index (χ0) is 11.7. The monoisotopic (exact) mass is 483 g/mol. The van der Waals surface area contributed by atoms with Gasteiger partial charge in [-0.1, -0.05) is 25.1 Å². The van der Waals surface area contributed by atoms with Crippen molar-refractivity contribution < 1.29 is 98.1 Å². The Morgan fingerprint density at radius 2 is 1.50 bits per heavy atom. The first-order chi connectivity index (χ1) is 8.34. The molecule has 0 saturated heterocycles. The SMILES string of the molecule is Cc1cc[c-]c(-c2[c-]ccc3ccccc23)c1.[Y].[Y].[Y]. The normalized spacial score (nSPS) is 9.05. The molecular formula is C17H12Y3-2. The quantitative estimate of drug-likeness (QED) is 0.451. The van der Waals surface area contributed by atoms with Crippen molar-refractivity contribution in [2.24, 2.45) is 0 Å². The number of hydrogen-bond acceptors (Lipinski definition) is 0. The molecule has 0 bridgehead atoms. The zero-order valence-electron chi connectivity index (χ0n) is 11.4. The summed E-state index contributed by atoms with van der Waals surface area (Å²) in [6.45, 7) is 2.10. The Kier molecular flexibility index (Phi) is 10.7. The van der Waals surface area contributed by atoms with Gasteiger partial charge in [-0.3, -0.25) is 0 Å². The van der Waals surface area contributed by atoms with Gasteiger partial charge in [0.05, 0.1) is 0 Å². The number of aryl methyl sites for hydroxylation is 1. The predicted octanol–water partition coefficient (Wildman–Crippen LogP) is 4.41. The second kappa shape index (κ2) is 10.1. The molecule has 0 heterocycles. The molecule has 0 atom stereocenters. The van der Waals surface area contributed by atoms with E-state index >= 15 is 0 Å². The van der Waals surface area contributed by atoms with E-state index in [2.05, 4.69) is 61.5 Å². The van der Waals surface area contributed by atoms with Gasteiger partial charge in [-0.2, -0.15) is 30.3 Å². The summed E-state index contributed by atoms with van der Waals surface area (Å²) in [5.41, 5.74) is 3.49. The Hall–Kier alpha value is 1.23. The fourth-order valence-corrected chi connectivity index (χ4v) is 2.11. The van der Waals surface area contributed by atoms with Crippen LogP contribution in [0.5, 0.6) is 0 Å². The average molecular weight is 483 g/mol. The van der Waals surface area contributed by atoms with Gasteiger partial charge in [-0.15, -0.1) is 34.5 Å². The molecule has 0 amide bonds. The van der Waals surface area contributed by atoms with Crippen molar-refractivity contribution in [2.75, 3.05) is 0 Å². The van der Waals surface area contributed by atoms with Crippen molar-refractivity contribution in [3.05, 3.63) is 72.3 Å². The molecule has 3 rings (SSSR count). The van der Waals surface area contributed by atoms with E-state index in [4.69, 9.17) is 0 Å². The summed E-state index contributed by atoms with van der Waals surface area (Å²) in [4.78, 5) is 0. The van der Waals surface area contributed by atoms with Crippen molar-refractivity contribution in [1.29, 1.82) is 0 Å². The van der Waals surface area contributed by atoms with Crippen molar-refractivity contribution in [1.82, 2.24) is 0 Å². The van der Waals surface area contributed by atoms with Gasteiger partial charge in [0.2, 0.25) is 0 Å². The molecule has 20 heavy (non-hydrogen) atoms.